The first-order valence-electron chi connectivity index (χ1n) is 7.87. The van der Waals surface area contributed by atoms with E-state index in [1.807, 2.05) is 23.6 Å². The molecule has 9 heteroatoms. The van der Waals surface area contributed by atoms with Crippen molar-refractivity contribution in [1.29, 1.82) is 0 Å². The summed E-state index contributed by atoms with van der Waals surface area (Å²) in [4.78, 5) is 4.42. The molecule has 0 amide bonds. The smallest absolute Gasteiger partial charge is 0.387 e. The van der Waals surface area contributed by atoms with Crippen LogP contribution in [0.5, 0.6) is 17.2 Å². The van der Waals surface area contributed by atoms with Crippen LogP contribution in [0.1, 0.15) is 5.56 Å². The number of alkyl halides is 2. The fourth-order valence-electron chi connectivity index (χ4n) is 2.42. The van der Waals surface area contributed by atoms with Gasteiger partial charge in [-0.3, -0.25) is 5.43 Å². The molecule has 0 radical (unpaired) electrons. The van der Waals surface area contributed by atoms with Gasteiger partial charge >= 0.3 is 6.61 Å². The molecule has 0 bridgehead atoms. The fourth-order valence-corrected chi connectivity index (χ4v) is 3.09. The Labute approximate surface area is 157 Å². The number of benzene rings is 2. The normalized spacial score (nSPS) is 12.7. The molecule has 2 aromatic carbocycles. The summed E-state index contributed by atoms with van der Waals surface area (Å²) in [7, 11) is 0. The zero-order chi connectivity index (χ0) is 18.6. The van der Waals surface area contributed by atoms with Crippen molar-refractivity contribution < 1.29 is 23.0 Å². The Morgan fingerprint density at radius 3 is 2.78 bits per heavy atom. The van der Waals surface area contributed by atoms with Crippen molar-refractivity contribution in [2.24, 2.45) is 5.10 Å². The maximum absolute atomic E-state index is 12.2. The maximum atomic E-state index is 12.2. The van der Waals surface area contributed by atoms with Gasteiger partial charge in [0.2, 0.25) is 11.9 Å². The molecular weight excluding hydrogens is 376 g/mol. The lowest BCUT2D eigenvalue weighted by Crippen LogP contribution is -2.01. The molecule has 0 saturated heterocycles. The zero-order valence-corrected chi connectivity index (χ0v) is 14.6. The van der Waals surface area contributed by atoms with E-state index in [0.29, 0.717) is 16.6 Å². The van der Waals surface area contributed by atoms with E-state index in [1.54, 1.807) is 18.3 Å². The van der Waals surface area contributed by atoms with Crippen molar-refractivity contribution in [2.75, 3.05) is 12.2 Å². The van der Waals surface area contributed by atoms with Crippen molar-refractivity contribution >= 4 is 22.7 Å². The van der Waals surface area contributed by atoms with Gasteiger partial charge in [0.15, 0.2) is 11.5 Å². The molecular formula is C18H13F2N3O3S. The third-order valence-corrected chi connectivity index (χ3v) is 4.40. The first kappa shape index (κ1) is 17.2. The maximum Gasteiger partial charge on any atom is 0.387 e. The average molecular weight is 389 g/mol. The number of hydrogen-bond donors (Lipinski definition) is 1. The zero-order valence-electron chi connectivity index (χ0n) is 13.8. The first-order chi connectivity index (χ1) is 13.2. The summed E-state index contributed by atoms with van der Waals surface area (Å²) < 4.78 is 39.3. The summed E-state index contributed by atoms with van der Waals surface area (Å²) >= 11 is 1.38. The molecule has 0 atom stereocenters. The molecule has 6 nitrogen and oxygen atoms in total. The molecule has 0 saturated carbocycles. The highest BCUT2D eigenvalue weighted by Gasteiger charge is 2.12. The topological polar surface area (TPSA) is 65.0 Å². The Morgan fingerprint density at radius 2 is 1.96 bits per heavy atom. The Morgan fingerprint density at radius 1 is 1.15 bits per heavy atom. The molecule has 0 unspecified atom stereocenters. The quantitative estimate of drug-likeness (QED) is 0.494. The van der Waals surface area contributed by atoms with Crippen LogP contribution < -0.4 is 19.6 Å². The van der Waals surface area contributed by atoms with Gasteiger partial charge in [-0.15, -0.1) is 11.3 Å². The van der Waals surface area contributed by atoms with Gasteiger partial charge in [-0.1, -0.05) is 0 Å². The lowest BCUT2D eigenvalue weighted by molar-refractivity contribution is -0.0498. The van der Waals surface area contributed by atoms with Crippen molar-refractivity contribution in [2.45, 2.75) is 6.61 Å². The second-order valence-corrected chi connectivity index (χ2v) is 6.28. The van der Waals surface area contributed by atoms with Crippen LogP contribution in [0.25, 0.3) is 11.3 Å². The Kier molecular flexibility index (Phi) is 4.84. The van der Waals surface area contributed by atoms with Crippen LogP contribution in [0.2, 0.25) is 0 Å². The predicted molar refractivity (Wildman–Crippen MR) is 98.0 cm³/mol. The highest BCUT2D eigenvalue weighted by Crippen LogP contribution is 2.32. The molecule has 1 aliphatic rings. The van der Waals surface area contributed by atoms with Gasteiger partial charge in [-0.05, 0) is 48.0 Å². The molecule has 0 aliphatic carbocycles. The molecule has 1 aromatic heterocycles. The van der Waals surface area contributed by atoms with Crippen LogP contribution in [0.15, 0.2) is 52.9 Å². The number of nitrogens with zero attached hydrogens (tertiary/aromatic N) is 2. The average Bonchev–Trinajstić information content (AvgIpc) is 3.31. The number of fused-ring (bicyclic) bond motifs is 1. The van der Waals surface area contributed by atoms with Gasteiger partial charge in [-0.25, -0.2) is 4.98 Å². The van der Waals surface area contributed by atoms with Crippen molar-refractivity contribution in [3.05, 3.63) is 53.4 Å². The first-order valence-corrected chi connectivity index (χ1v) is 8.75. The molecule has 0 fully saturated rings. The van der Waals surface area contributed by atoms with Crippen LogP contribution in [0.3, 0.4) is 0 Å². The van der Waals surface area contributed by atoms with Crippen molar-refractivity contribution in [3.8, 4) is 28.5 Å². The standard InChI is InChI=1S/C18H13F2N3O3S/c19-17(20)26-13-4-2-12(3-5-13)14-9-27-18(22-14)23-21-8-11-1-6-15-16(7-11)25-10-24-15/h1-9,17H,10H2,(H,22,23)/b21-8+. The van der Waals surface area contributed by atoms with Gasteiger partial charge in [0.25, 0.3) is 0 Å². The fraction of sp³-hybridized carbons (Fsp3) is 0.111. The second kappa shape index (κ2) is 7.58. The summed E-state index contributed by atoms with van der Waals surface area (Å²) in [6, 6.07) is 11.8. The van der Waals surface area contributed by atoms with E-state index >= 15 is 0 Å². The molecule has 1 N–H and O–H groups in total. The molecule has 2 heterocycles. The number of hydrogen-bond acceptors (Lipinski definition) is 7. The van der Waals surface area contributed by atoms with Crippen LogP contribution in [0, 0.1) is 0 Å². The minimum Gasteiger partial charge on any atom is -0.454 e. The summed E-state index contributed by atoms with van der Waals surface area (Å²) in [6.07, 6.45) is 1.65. The van der Waals surface area contributed by atoms with Gasteiger partial charge in [0.1, 0.15) is 5.75 Å². The van der Waals surface area contributed by atoms with Crippen molar-refractivity contribution in [3.63, 3.8) is 0 Å². The summed E-state index contributed by atoms with van der Waals surface area (Å²) in [5.41, 5.74) is 5.23. The van der Waals surface area contributed by atoms with E-state index < -0.39 is 6.61 Å². The van der Waals surface area contributed by atoms with E-state index in [2.05, 4.69) is 20.2 Å². The SMILES string of the molecule is FC(F)Oc1ccc(-c2csc(N/N=C/c3ccc4c(c3)OCO4)n2)cc1. The minimum atomic E-state index is -2.84. The number of aromatic nitrogens is 1. The summed E-state index contributed by atoms with van der Waals surface area (Å²) in [5, 5.41) is 6.62. The van der Waals surface area contributed by atoms with E-state index in [9.17, 15) is 8.78 Å². The Hall–Kier alpha value is -3.20. The minimum absolute atomic E-state index is 0.107. The van der Waals surface area contributed by atoms with Gasteiger partial charge in [0, 0.05) is 10.9 Å². The largest absolute Gasteiger partial charge is 0.454 e. The monoisotopic (exact) mass is 389 g/mol. The summed E-state index contributed by atoms with van der Waals surface area (Å²) in [6.45, 7) is -2.61. The Balaban J connectivity index is 1.39. The van der Waals surface area contributed by atoms with E-state index in [0.717, 1.165) is 16.9 Å². The Bertz CT molecular complexity index is 961. The number of thiazole rings is 1. The summed E-state index contributed by atoms with van der Waals surface area (Å²) in [5.74, 6) is 1.51. The third-order valence-electron chi connectivity index (χ3n) is 3.65. The highest BCUT2D eigenvalue weighted by molar-refractivity contribution is 7.14. The second-order valence-electron chi connectivity index (χ2n) is 5.42. The van der Waals surface area contributed by atoms with Crippen molar-refractivity contribution in [1.82, 2.24) is 4.98 Å². The number of hydrazone groups is 1. The predicted octanol–water partition coefficient (Wildman–Crippen LogP) is 4.59. The highest BCUT2D eigenvalue weighted by atomic mass is 32.1. The van der Waals surface area contributed by atoms with Crippen LogP contribution in [-0.4, -0.2) is 24.6 Å². The lowest BCUT2D eigenvalue weighted by atomic mass is 10.2. The number of nitrogens with one attached hydrogen (secondary N) is 1. The number of halogens is 2. The van der Waals surface area contributed by atoms with Gasteiger partial charge in [0.05, 0.1) is 11.9 Å². The molecule has 3 aromatic rings. The van der Waals surface area contributed by atoms with E-state index in [-0.39, 0.29) is 12.5 Å². The van der Waals surface area contributed by atoms with Gasteiger partial charge in [-0.2, -0.15) is 13.9 Å². The molecule has 4 rings (SSSR count). The number of rotatable bonds is 6. The number of ether oxygens (including phenoxy) is 3. The molecule has 1 aliphatic heterocycles. The van der Waals surface area contributed by atoms with Crippen LogP contribution in [-0.2, 0) is 0 Å². The van der Waals surface area contributed by atoms with Gasteiger partial charge < -0.3 is 14.2 Å². The number of anilines is 1. The van der Waals surface area contributed by atoms with Crippen LogP contribution >= 0.6 is 11.3 Å². The van der Waals surface area contributed by atoms with Crippen LogP contribution in [0.4, 0.5) is 13.9 Å². The van der Waals surface area contributed by atoms with E-state index in [1.165, 1.54) is 23.5 Å². The third kappa shape index (κ3) is 4.14. The molecule has 27 heavy (non-hydrogen) atoms. The molecule has 0 spiro atoms. The lowest BCUT2D eigenvalue weighted by Gasteiger charge is -2.04. The van der Waals surface area contributed by atoms with E-state index in [4.69, 9.17) is 9.47 Å². The molecule has 138 valence electrons.